The summed E-state index contributed by atoms with van der Waals surface area (Å²) < 4.78 is 0. The molecule has 13 heavy (non-hydrogen) atoms. The van der Waals surface area contributed by atoms with E-state index in [1.54, 1.807) is 13.1 Å². The zero-order valence-electron chi connectivity index (χ0n) is 9.05. The maximum absolute atomic E-state index is 10.8. The second-order valence-electron chi connectivity index (χ2n) is 2.25. The molecule has 0 aromatic heterocycles. The van der Waals surface area contributed by atoms with E-state index in [2.05, 4.69) is 19.7 Å². The van der Waals surface area contributed by atoms with E-state index in [9.17, 15) is 4.79 Å². The summed E-state index contributed by atoms with van der Waals surface area (Å²) in [5, 5.41) is 0. The number of allylic oxidation sites excluding steroid dienone is 1. The zero-order valence-corrected chi connectivity index (χ0v) is 9.05. The van der Waals surface area contributed by atoms with Gasteiger partial charge in [-0.2, -0.15) is 0 Å². The van der Waals surface area contributed by atoms with Crippen LogP contribution in [0.2, 0.25) is 0 Å². The molecule has 0 unspecified atom stereocenters. The zero-order chi connectivity index (χ0) is 11.0. The topological polar surface area (TPSA) is 20.3 Å². The van der Waals surface area contributed by atoms with Crippen LogP contribution in [0.4, 0.5) is 0 Å². The van der Waals surface area contributed by atoms with Crippen molar-refractivity contribution < 1.29 is 4.79 Å². The first-order valence-electron chi connectivity index (χ1n) is 4.25. The number of hydrogen-bond donors (Lipinski definition) is 0. The fourth-order valence-electron chi connectivity index (χ4n) is 0.523. The number of hydrogen-bond acceptors (Lipinski definition) is 1. The molecule has 0 N–H and O–H groups in total. The summed E-state index contributed by atoms with van der Waals surface area (Å²) in [5.41, 5.74) is 1.26. The van der Waals surface area contributed by atoms with E-state index >= 15 is 0 Å². The van der Waals surface area contributed by atoms with Crippen LogP contribution in [0.3, 0.4) is 0 Å². The first kappa shape index (κ1) is 14.2. The van der Waals surface area contributed by atoms with Gasteiger partial charge in [0.2, 0.25) is 5.91 Å². The number of amides is 1. The van der Waals surface area contributed by atoms with Crippen molar-refractivity contribution in [3.05, 3.63) is 37.1 Å². The molecular formula is C11H19NO. The molecule has 0 aliphatic heterocycles. The van der Waals surface area contributed by atoms with Gasteiger partial charge < -0.3 is 4.90 Å². The summed E-state index contributed by atoms with van der Waals surface area (Å²) in [6.45, 7) is 16.3. The van der Waals surface area contributed by atoms with Gasteiger partial charge in [0.15, 0.2) is 0 Å². The van der Waals surface area contributed by atoms with Gasteiger partial charge in [-0.15, -0.1) is 0 Å². The van der Waals surface area contributed by atoms with Gasteiger partial charge in [-0.05, 0) is 5.57 Å². The van der Waals surface area contributed by atoms with Crippen LogP contribution in [0.25, 0.3) is 0 Å². The molecule has 0 atom stereocenters. The van der Waals surface area contributed by atoms with Gasteiger partial charge in [0.1, 0.15) is 0 Å². The van der Waals surface area contributed by atoms with Crippen molar-refractivity contribution in [1.29, 1.82) is 0 Å². The highest BCUT2D eigenvalue weighted by Gasteiger charge is 2.06. The lowest BCUT2D eigenvalue weighted by Crippen LogP contribution is -2.22. The lowest BCUT2D eigenvalue weighted by molar-refractivity contribution is -0.125. The smallest absolute Gasteiger partial charge is 0.223 e. The van der Waals surface area contributed by atoms with E-state index in [4.69, 9.17) is 0 Å². The van der Waals surface area contributed by atoms with Crippen LogP contribution in [-0.2, 0) is 4.79 Å². The summed E-state index contributed by atoms with van der Waals surface area (Å²) in [6, 6.07) is 0. The molecule has 0 aromatic rings. The molecule has 1 amide bonds. The minimum absolute atomic E-state index is 0.0574. The Morgan fingerprint density at radius 3 is 1.92 bits per heavy atom. The van der Waals surface area contributed by atoms with Crippen LogP contribution in [-0.4, -0.2) is 17.9 Å². The minimum atomic E-state index is -0.0574. The molecule has 2 heteroatoms. The van der Waals surface area contributed by atoms with E-state index in [1.807, 2.05) is 13.8 Å². The maximum Gasteiger partial charge on any atom is 0.223 e. The summed E-state index contributed by atoms with van der Waals surface area (Å²) in [6.07, 6.45) is 1.57. The number of rotatable bonds is 3. The number of carbonyl (C=O) groups excluding carboxylic acids is 1. The fourth-order valence-corrected chi connectivity index (χ4v) is 0.523. The molecule has 0 aliphatic rings. The van der Waals surface area contributed by atoms with E-state index < -0.39 is 0 Å². The van der Waals surface area contributed by atoms with Crippen LogP contribution in [0, 0.1) is 0 Å². The summed E-state index contributed by atoms with van der Waals surface area (Å²) in [5.74, 6) is -0.0574. The molecule has 0 heterocycles. The highest BCUT2D eigenvalue weighted by molar-refractivity contribution is 5.76. The van der Waals surface area contributed by atoms with E-state index in [1.165, 1.54) is 11.8 Å². The Hall–Kier alpha value is -1.31. The van der Waals surface area contributed by atoms with Crippen LogP contribution in [0.15, 0.2) is 37.1 Å². The lowest BCUT2D eigenvalue weighted by atomic mass is 10.2. The Bertz CT molecular complexity index is 216. The number of likely N-dealkylation sites (N-methyl/N-ethyl adjacent to an activating group) is 1. The first-order valence-corrected chi connectivity index (χ1v) is 4.25. The summed E-state index contributed by atoms with van der Waals surface area (Å²) in [4.78, 5) is 12.2. The number of nitrogens with zero attached hydrogens (tertiary/aromatic N) is 1. The van der Waals surface area contributed by atoms with Gasteiger partial charge in [-0.1, -0.05) is 39.7 Å². The highest BCUT2D eigenvalue weighted by Crippen LogP contribution is 2.09. The molecule has 0 bridgehead atoms. The van der Waals surface area contributed by atoms with Crippen molar-refractivity contribution in [2.24, 2.45) is 0 Å². The van der Waals surface area contributed by atoms with Crippen LogP contribution in [0.1, 0.15) is 20.8 Å². The van der Waals surface area contributed by atoms with Gasteiger partial charge in [-0.3, -0.25) is 4.79 Å². The standard InChI is InChI=1S/C9H13NO.C2H6/c1-6-7(2)8(3)10(5)9(4)11;1-2/h6H,1-3H2,4-5H3;1-2H3. The average molecular weight is 181 g/mol. The first-order chi connectivity index (χ1) is 6.00. The molecule has 0 aromatic carbocycles. The van der Waals surface area contributed by atoms with Crippen molar-refractivity contribution in [2.75, 3.05) is 7.05 Å². The molecule has 0 saturated heterocycles. The summed E-state index contributed by atoms with van der Waals surface area (Å²) >= 11 is 0. The molecule has 0 saturated carbocycles. The molecule has 0 spiro atoms. The van der Waals surface area contributed by atoms with Crippen molar-refractivity contribution >= 4 is 5.91 Å². The van der Waals surface area contributed by atoms with Gasteiger partial charge in [0.05, 0.1) is 0 Å². The third-order valence-corrected chi connectivity index (χ3v) is 1.49. The molecule has 74 valence electrons. The fraction of sp³-hybridized carbons (Fsp3) is 0.364. The molecule has 2 nitrogen and oxygen atoms in total. The maximum atomic E-state index is 10.8. The van der Waals surface area contributed by atoms with E-state index in [-0.39, 0.29) is 5.91 Å². The van der Waals surface area contributed by atoms with Crippen LogP contribution < -0.4 is 0 Å². The molecule has 0 rings (SSSR count). The Labute approximate surface area is 81.2 Å². The Morgan fingerprint density at radius 1 is 1.31 bits per heavy atom. The monoisotopic (exact) mass is 181 g/mol. The lowest BCUT2D eigenvalue weighted by Gasteiger charge is -2.17. The second kappa shape index (κ2) is 7.35. The normalized spacial score (nSPS) is 7.69. The van der Waals surface area contributed by atoms with E-state index in [0.717, 1.165) is 0 Å². The van der Waals surface area contributed by atoms with Gasteiger partial charge in [0.25, 0.3) is 0 Å². The van der Waals surface area contributed by atoms with Crippen molar-refractivity contribution in [2.45, 2.75) is 20.8 Å². The van der Waals surface area contributed by atoms with Gasteiger partial charge >= 0.3 is 0 Å². The second-order valence-corrected chi connectivity index (χ2v) is 2.25. The predicted octanol–water partition coefficient (Wildman–Crippen LogP) is 2.75. The van der Waals surface area contributed by atoms with Crippen molar-refractivity contribution in [3.8, 4) is 0 Å². The Morgan fingerprint density at radius 2 is 1.69 bits per heavy atom. The SMILES string of the molecule is C=CC(=C)C(=C)N(C)C(C)=O.CC. The Balaban J connectivity index is 0. The molecule has 0 fully saturated rings. The van der Waals surface area contributed by atoms with Crippen molar-refractivity contribution in [1.82, 2.24) is 4.90 Å². The molecular weight excluding hydrogens is 162 g/mol. The largest absolute Gasteiger partial charge is 0.316 e. The van der Waals surface area contributed by atoms with Crippen LogP contribution >= 0.6 is 0 Å². The Kier molecular flexibility index (Phi) is 8.04. The average Bonchev–Trinajstić information content (AvgIpc) is 2.17. The third kappa shape index (κ3) is 5.01. The predicted molar refractivity (Wildman–Crippen MR) is 58.3 cm³/mol. The van der Waals surface area contributed by atoms with Gasteiger partial charge in [-0.25, -0.2) is 0 Å². The third-order valence-electron chi connectivity index (χ3n) is 1.49. The highest BCUT2D eigenvalue weighted by atomic mass is 16.2. The quantitative estimate of drug-likeness (QED) is 0.613. The number of carbonyl (C=O) groups is 1. The van der Waals surface area contributed by atoms with Crippen molar-refractivity contribution in [3.63, 3.8) is 0 Å². The van der Waals surface area contributed by atoms with Crippen LogP contribution in [0.5, 0.6) is 0 Å². The molecule has 0 aliphatic carbocycles. The summed E-state index contributed by atoms with van der Waals surface area (Å²) in [7, 11) is 1.65. The van der Waals surface area contributed by atoms with Gasteiger partial charge in [0, 0.05) is 19.7 Å². The minimum Gasteiger partial charge on any atom is -0.316 e. The van der Waals surface area contributed by atoms with E-state index in [0.29, 0.717) is 11.3 Å². The molecule has 0 radical (unpaired) electrons.